The van der Waals surface area contributed by atoms with Crippen molar-refractivity contribution in [3.63, 3.8) is 0 Å². The van der Waals surface area contributed by atoms with Gasteiger partial charge in [0.05, 0.1) is 5.39 Å². The van der Waals surface area contributed by atoms with Gasteiger partial charge in [0.15, 0.2) is 10.9 Å². The molecule has 3 aromatic carbocycles. The summed E-state index contributed by atoms with van der Waals surface area (Å²) >= 11 is 1.55. The second-order valence-corrected chi connectivity index (χ2v) is 8.67. The van der Waals surface area contributed by atoms with Gasteiger partial charge in [-0.1, -0.05) is 59.4 Å². The summed E-state index contributed by atoms with van der Waals surface area (Å²) < 4.78 is 7.33. The molecule has 0 atom stereocenters. The van der Waals surface area contributed by atoms with E-state index in [1.807, 2.05) is 54.1 Å². The number of nitrogens with one attached hydrogen (secondary N) is 2. The van der Waals surface area contributed by atoms with Crippen LogP contribution in [0.15, 0.2) is 88.8 Å². The lowest BCUT2D eigenvalue weighted by Crippen LogP contribution is -2.41. The Hall–Kier alpha value is -4.44. The van der Waals surface area contributed by atoms with Crippen LogP contribution in [0.3, 0.4) is 0 Å². The molecule has 0 fully saturated rings. The Morgan fingerprint density at radius 1 is 0.943 bits per heavy atom. The molecule has 0 spiro atoms. The van der Waals surface area contributed by atoms with Crippen LogP contribution in [-0.4, -0.2) is 31.7 Å². The summed E-state index contributed by atoms with van der Waals surface area (Å²) in [5.74, 6) is 0.414. The molecule has 2 aromatic heterocycles. The molecule has 9 nitrogen and oxygen atoms in total. The number of aromatic nitrogens is 4. The zero-order valence-electron chi connectivity index (χ0n) is 18.6. The molecule has 5 rings (SSSR count). The molecule has 2 amide bonds. The Kier molecular flexibility index (Phi) is 6.27. The SMILES string of the molecule is Cn1cnnc1SCc1ccc(C(=O)NNC(=O)c2ccc3noc(-c4ccccc4)c3c2)cc1. The van der Waals surface area contributed by atoms with Gasteiger partial charge >= 0.3 is 0 Å². The van der Waals surface area contributed by atoms with Gasteiger partial charge in [-0.25, -0.2) is 0 Å². The van der Waals surface area contributed by atoms with Crippen LogP contribution in [0.25, 0.3) is 22.2 Å². The number of fused-ring (bicyclic) bond motifs is 1. The zero-order valence-corrected chi connectivity index (χ0v) is 19.5. The van der Waals surface area contributed by atoms with Crippen LogP contribution in [0.4, 0.5) is 0 Å². The molecule has 0 saturated heterocycles. The number of hydrogen-bond acceptors (Lipinski definition) is 7. The summed E-state index contributed by atoms with van der Waals surface area (Å²) in [5.41, 5.74) is 8.27. The number of hydrazine groups is 1. The highest BCUT2D eigenvalue weighted by Crippen LogP contribution is 2.29. The first-order valence-corrected chi connectivity index (χ1v) is 11.7. The maximum atomic E-state index is 12.7. The van der Waals surface area contributed by atoms with Crippen molar-refractivity contribution in [2.24, 2.45) is 7.05 Å². The molecule has 0 saturated carbocycles. The number of carbonyl (C=O) groups excluding carboxylic acids is 2. The lowest BCUT2D eigenvalue weighted by molar-refractivity contribution is 0.0847. The lowest BCUT2D eigenvalue weighted by atomic mass is 10.1. The fourth-order valence-corrected chi connectivity index (χ4v) is 4.29. The third kappa shape index (κ3) is 4.92. The molecule has 5 aromatic rings. The summed E-state index contributed by atoms with van der Waals surface area (Å²) in [6, 6.07) is 21.7. The largest absolute Gasteiger partial charge is 0.355 e. The average molecular weight is 485 g/mol. The summed E-state index contributed by atoms with van der Waals surface area (Å²) in [6.07, 6.45) is 1.65. The van der Waals surface area contributed by atoms with Gasteiger partial charge in [0.25, 0.3) is 11.8 Å². The van der Waals surface area contributed by atoms with E-state index < -0.39 is 11.8 Å². The highest BCUT2D eigenvalue weighted by Gasteiger charge is 2.15. The number of aryl methyl sites for hydroxylation is 1. The molecule has 2 heterocycles. The minimum Gasteiger partial charge on any atom is -0.355 e. The number of nitrogens with zero attached hydrogens (tertiary/aromatic N) is 4. The average Bonchev–Trinajstić information content (AvgIpc) is 3.52. The number of carbonyl (C=O) groups is 2. The normalized spacial score (nSPS) is 10.9. The Bertz CT molecular complexity index is 1490. The molecule has 0 aliphatic carbocycles. The molecule has 35 heavy (non-hydrogen) atoms. The van der Waals surface area contributed by atoms with Crippen molar-refractivity contribution in [2.75, 3.05) is 0 Å². The van der Waals surface area contributed by atoms with Crippen LogP contribution < -0.4 is 10.9 Å². The van der Waals surface area contributed by atoms with Gasteiger partial charge in [-0.2, -0.15) is 0 Å². The van der Waals surface area contributed by atoms with E-state index in [0.29, 0.717) is 33.5 Å². The van der Waals surface area contributed by atoms with E-state index >= 15 is 0 Å². The predicted octanol–water partition coefficient (Wildman–Crippen LogP) is 3.99. The Balaban J connectivity index is 1.21. The first kappa shape index (κ1) is 22.4. The lowest BCUT2D eigenvalue weighted by Gasteiger charge is -2.08. The van der Waals surface area contributed by atoms with Crippen molar-refractivity contribution < 1.29 is 14.1 Å². The van der Waals surface area contributed by atoms with Crippen LogP contribution in [0.5, 0.6) is 0 Å². The molecular formula is C25H20N6O3S. The minimum absolute atomic E-state index is 0.370. The van der Waals surface area contributed by atoms with E-state index in [4.69, 9.17) is 4.52 Å². The number of rotatable bonds is 6. The fraction of sp³-hybridized carbons (Fsp3) is 0.0800. The number of hydrogen-bond donors (Lipinski definition) is 2. The fourth-order valence-electron chi connectivity index (χ4n) is 3.44. The topological polar surface area (TPSA) is 115 Å². The molecule has 0 unspecified atom stereocenters. The predicted molar refractivity (Wildman–Crippen MR) is 131 cm³/mol. The molecule has 174 valence electrons. The van der Waals surface area contributed by atoms with Crippen LogP contribution >= 0.6 is 11.8 Å². The molecule has 0 aliphatic rings. The van der Waals surface area contributed by atoms with Crippen molar-refractivity contribution in [1.29, 1.82) is 0 Å². The highest BCUT2D eigenvalue weighted by molar-refractivity contribution is 7.98. The molecule has 0 radical (unpaired) electrons. The monoisotopic (exact) mass is 484 g/mol. The molecule has 2 N–H and O–H groups in total. The van der Waals surface area contributed by atoms with Crippen molar-refractivity contribution in [1.82, 2.24) is 30.8 Å². The second-order valence-electron chi connectivity index (χ2n) is 7.73. The first-order chi connectivity index (χ1) is 17.1. The van der Waals surface area contributed by atoms with Crippen molar-refractivity contribution in [2.45, 2.75) is 10.9 Å². The molecular weight excluding hydrogens is 464 g/mol. The smallest absolute Gasteiger partial charge is 0.269 e. The summed E-state index contributed by atoms with van der Waals surface area (Å²) in [5, 5.41) is 13.5. The Labute approximate surface area is 204 Å². The van der Waals surface area contributed by atoms with E-state index in [9.17, 15) is 9.59 Å². The van der Waals surface area contributed by atoms with Gasteiger partial charge in [-0.15, -0.1) is 10.2 Å². The highest BCUT2D eigenvalue weighted by atomic mass is 32.2. The van der Waals surface area contributed by atoms with Crippen molar-refractivity contribution in [3.8, 4) is 11.3 Å². The van der Waals surface area contributed by atoms with Crippen molar-refractivity contribution in [3.05, 3.63) is 95.8 Å². The molecule has 0 aliphatic heterocycles. The van der Waals surface area contributed by atoms with Crippen LogP contribution in [0, 0.1) is 0 Å². The summed E-state index contributed by atoms with van der Waals surface area (Å²) in [6.45, 7) is 0. The van der Waals surface area contributed by atoms with E-state index in [0.717, 1.165) is 16.3 Å². The van der Waals surface area contributed by atoms with Crippen molar-refractivity contribution >= 4 is 34.5 Å². The van der Waals surface area contributed by atoms with Gasteiger partial charge < -0.3 is 9.09 Å². The zero-order chi connectivity index (χ0) is 24.2. The quantitative estimate of drug-likeness (QED) is 0.277. The molecule has 10 heteroatoms. The van der Waals surface area contributed by atoms with E-state index in [1.54, 1.807) is 48.4 Å². The van der Waals surface area contributed by atoms with Crippen LogP contribution in [0.1, 0.15) is 26.3 Å². The Morgan fingerprint density at radius 2 is 1.66 bits per heavy atom. The summed E-state index contributed by atoms with van der Waals surface area (Å²) in [7, 11) is 1.89. The Morgan fingerprint density at radius 3 is 2.37 bits per heavy atom. The standard InChI is InChI=1S/C25H20N6O3S/c1-31-15-26-29-25(31)35-14-16-7-9-18(10-8-16)23(32)27-28-24(33)19-11-12-21-20(13-19)22(34-30-21)17-5-3-2-4-6-17/h2-13,15H,14H2,1H3,(H,27,32)(H,28,33). The van der Waals surface area contributed by atoms with Gasteiger partial charge in [-0.3, -0.25) is 20.4 Å². The number of benzene rings is 3. The van der Waals surface area contributed by atoms with Gasteiger partial charge in [0.1, 0.15) is 11.8 Å². The maximum Gasteiger partial charge on any atom is 0.269 e. The third-order valence-corrected chi connectivity index (χ3v) is 6.42. The van der Waals surface area contributed by atoms with Gasteiger partial charge in [0.2, 0.25) is 0 Å². The van der Waals surface area contributed by atoms with Crippen LogP contribution in [-0.2, 0) is 12.8 Å². The van der Waals surface area contributed by atoms with Gasteiger partial charge in [-0.05, 0) is 35.9 Å². The van der Waals surface area contributed by atoms with Gasteiger partial charge in [0, 0.05) is 29.5 Å². The first-order valence-electron chi connectivity index (χ1n) is 10.7. The third-order valence-electron chi connectivity index (χ3n) is 5.32. The minimum atomic E-state index is -0.447. The molecule has 0 bridgehead atoms. The van der Waals surface area contributed by atoms with E-state index in [1.165, 1.54) is 0 Å². The second kappa shape index (κ2) is 9.82. The maximum absolute atomic E-state index is 12.7. The number of amides is 2. The summed E-state index contributed by atoms with van der Waals surface area (Å²) in [4.78, 5) is 25.2. The van der Waals surface area contributed by atoms with E-state index in [2.05, 4.69) is 26.2 Å². The van der Waals surface area contributed by atoms with Crippen LogP contribution in [0.2, 0.25) is 0 Å². The van der Waals surface area contributed by atoms with E-state index in [-0.39, 0.29) is 0 Å². The number of thioether (sulfide) groups is 1.